The summed E-state index contributed by atoms with van der Waals surface area (Å²) in [7, 11) is 1.93. The van der Waals surface area contributed by atoms with E-state index in [1.54, 1.807) is 19.1 Å². The monoisotopic (exact) mass is 380 g/mol. The highest BCUT2D eigenvalue weighted by molar-refractivity contribution is 7.17. The third-order valence-electron chi connectivity index (χ3n) is 4.38. The zero-order valence-electron chi connectivity index (χ0n) is 14.9. The van der Waals surface area contributed by atoms with E-state index in [0.717, 1.165) is 22.4 Å². The second-order valence-electron chi connectivity index (χ2n) is 6.20. The molecule has 2 aromatic carbocycles. The van der Waals surface area contributed by atoms with Crippen LogP contribution in [0.1, 0.15) is 21.2 Å². The van der Waals surface area contributed by atoms with E-state index < -0.39 is 0 Å². The maximum absolute atomic E-state index is 13.1. The highest BCUT2D eigenvalue weighted by atomic mass is 32.1. The van der Waals surface area contributed by atoms with Gasteiger partial charge in [0.1, 0.15) is 21.5 Å². The first-order valence-electron chi connectivity index (χ1n) is 8.45. The maximum atomic E-state index is 13.1. The number of para-hydroxylation sites is 2. The highest BCUT2D eigenvalue weighted by Crippen LogP contribution is 2.28. The third-order valence-corrected chi connectivity index (χ3v) is 5.59. The van der Waals surface area contributed by atoms with Crippen LogP contribution in [0, 0.1) is 12.7 Å². The number of benzene rings is 2. The van der Waals surface area contributed by atoms with Gasteiger partial charge < -0.3 is 9.88 Å². The Balaban J connectivity index is 1.53. The lowest BCUT2D eigenvalue weighted by molar-refractivity contribution is 0.0953. The molecule has 0 aliphatic rings. The first-order chi connectivity index (χ1) is 13.0. The SMILES string of the molecule is Cc1nc(-c2ccc(F)cc2)sc1C(=O)NCc1nc2ccccc2n1C. The fourth-order valence-corrected chi connectivity index (χ4v) is 3.90. The van der Waals surface area contributed by atoms with Crippen molar-refractivity contribution in [2.75, 3.05) is 0 Å². The molecule has 0 radical (unpaired) electrons. The van der Waals surface area contributed by atoms with Gasteiger partial charge in [0.25, 0.3) is 5.91 Å². The molecule has 0 aliphatic heterocycles. The minimum Gasteiger partial charge on any atom is -0.344 e. The van der Waals surface area contributed by atoms with E-state index in [1.165, 1.54) is 23.5 Å². The molecule has 0 fully saturated rings. The van der Waals surface area contributed by atoms with E-state index in [4.69, 9.17) is 0 Å². The van der Waals surface area contributed by atoms with Crippen LogP contribution >= 0.6 is 11.3 Å². The van der Waals surface area contributed by atoms with Crippen molar-refractivity contribution in [2.24, 2.45) is 7.05 Å². The van der Waals surface area contributed by atoms with E-state index in [9.17, 15) is 9.18 Å². The van der Waals surface area contributed by atoms with Crippen LogP contribution < -0.4 is 5.32 Å². The van der Waals surface area contributed by atoms with Crippen molar-refractivity contribution >= 4 is 28.3 Å². The van der Waals surface area contributed by atoms with Gasteiger partial charge in [-0.2, -0.15) is 0 Å². The van der Waals surface area contributed by atoms with Crippen molar-refractivity contribution < 1.29 is 9.18 Å². The molecule has 0 aliphatic carbocycles. The Labute approximate surface area is 159 Å². The van der Waals surface area contributed by atoms with Gasteiger partial charge in [-0.05, 0) is 43.3 Å². The molecule has 2 aromatic heterocycles. The fourth-order valence-electron chi connectivity index (χ4n) is 2.92. The summed E-state index contributed by atoms with van der Waals surface area (Å²) in [5, 5.41) is 3.61. The Morgan fingerprint density at radius 3 is 2.63 bits per heavy atom. The predicted octanol–water partition coefficient (Wildman–Crippen LogP) is 4.07. The van der Waals surface area contributed by atoms with E-state index in [0.29, 0.717) is 22.1 Å². The van der Waals surface area contributed by atoms with Crippen LogP contribution in [-0.2, 0) is 13.6 Å². The number of hydrogen-bond acceptors (Lipinski definition) is 4. The predicted molar refractivity (Wildman–Crippen MR) is 104 cm³/mol. The number of amides is 1. The third kappa shape index (κ3) is 3.33. The van der Waals surface area contributed by atoms with Gasteiger partial charge in [-0.1, -0.05) is 12.1 Å². The molecule has 7 heteroatoms. The fraction of sp³-hybridized carbons (Fsp3) is 0.150. The van der Waals surface area contributed by atoms with E-state index in [-0.39, 0.29) is 11.7 Å². The van der Waals surface area contributed by atoms with Crippen molar-refractivity contribution in [3.8, 4) is 10.6 Å². The Bertz CT molecular complexity index is 1130. The quantitative estimate of drug-likeness (QED) is 0.580. The standard InChI is InChI=1S/C20H17FN4OS/c1-12-18(27-20(23-12)13-7-9-14(21)10-8-13)19(26)22-11-17-24-15-5-3-4-6-16(15)25(17)2/h3-10H,11H2,1-2H3,(H,22,26). The average molecular weight is 380 g/mol. The molecule has 4 aromatic rings. The van der Waals surface area contributed by atoms with Gasteiger partial charge in [-0.15, -0.1) is 11.3 Å². The number of aryl methyl sites for hydroxylation is 2. The van der Waals surface area contributed by atoms with Crippen molar-refractivity contribution in [3.05, 3.63) is 70.7 Å². The Kier molecular flexibility index (Phi) is 4.45. The largest absolute Gasteiger partial charge is 0.344 e. The molecule has 2 heterocycles. The Morgan fingerprint density at radius 1 is 1.15 bits per heavy atom. The number of halogens is 1. The normalized spacial score (nSPS) is 11.1. The number of nitrogens with one attached hydrogen (secondary N) is 1. The maximum Gasteiger partial charge on any atom is 0.263 e. The molecular weight excluding hydrogens is 363 g/mol. The summed E-state index contributed by atoms with van der Waals surface area (Å²) in [6.07, 6.45) is 0. The van der Waals surface area contributed by atoms with Gasteiger partial charge in [0.15, 0.2) is 0 Å². The molecule has 4 rings (SSSR count). The zero-order valence-corrected chi connectivity index (χ0v) is 15.7. The summed E-state index contributed by atoms with van der Waals surface area (Å²) < 4.78 is 15.1. The summed E-state index contributed by atoms with van der Waals surface area (Å²) in [6, 6.07) is 13.9. The molecule has 136 valence electrons. The number of fused-ring (bicyclic) bond motifs is 1. The molecule has 0 atom stereocenters. The summed E-state index contributed by atoms with van der Waals surface area (Å²) >= 11 is 1.30. The molecule has 0 unspecified atom stereocenters. The van der Waals surface area contributed by atoms with Crippen LogP contribution in [0.5, 0.6) is 0 Å². The molecule has 0 saturated carbocycles. The van der Waals surface area contributed by atoms with Crippen LogP contribution in [-0.4, -0.2) is 20.4 Å². The van der Waals surface area contributed by atoms with E-state index >= 15 is 0 Å². The Hall–Kier alpha value is -3.06. The van der Waals surface area contributed by atoms with Gasteiger partial charge in [0.05, 0.1) is 23.3 Å². The molecule has 1 amide bonds. The first kappa shape index (κ1) is 17.4. The molecule has 27 heavy (non-hydrogen) atoms. The molecule has 0 saturated heterocycles. The molecule has 5 nitrogen and oxygen atoms in total. The molecular formula is C20H17FN4OS. The van der Waals surface area contributed by atoms with Gasteiger partial charge in [0, 0.05) is 12.6 Å². The number of thiazole rings is 1. The van der Waals surface area contributed by atoms with Crippen LogP contribution in [0.15, 0.2) is 48.5 Å². The van der Waals surface area contributed by atoms with Crippen molar-refractivity contribution in [1.29, 1.82) is 0 Å². The van der Waals surface area contributed by atoms with Crippen LogP contribution in [0.3, 0.4) is 0 Å². The van der Waals surface area contributed by atoms with Gasteiger partial charge in [0.2, 0.25) is 0 Å². The summed E-state index contributed by atoms with van der Waals surface area (Å²) in [4.78, 5) is 22.2. The molecule has 0 bridgehead atoms. The molecule has 0 spiro atoms. The zero-order chi connectivity index (χ0) is 19.0. The minimum atomic E-state index is -0.299. The summed E-state index contributed by atoms with van der Waals surface area (Å²) in [6.45, 7) is 2.13. The lowest BCUT2D eigenvalue weighted by Crippen LogP contribution is -2.24. The highest BCUT2D eigenvalue weighted by Gasteiger charge is 2.17. The second-order valence-corrected chi connectivity index (χ2v) is 7.20. The van der Waals surface area contributed by atoms with Crippen molar-refractivity contribution in [1.82, 2.24) is 19.9 Å². The van der Waals surface area contributed by atoms with Crippen LogP contribution in [0.25, 0.3) is 21.6 Å². The minimum absolute atomic E-state index is 0.189. The van der Waals surface area contributed by atoms with E-state index in [1.807, 2.05) is 35.9 Å². The van der Waals surface area contributed by atoms with Crippen molar-refractivity contribution in [3.63, 3.8) is 0 Å². The number of aromatic nitrogens is 3. The number of rotatable bonds is 4. The smallest absolute Gasteiger partial charge is 0.263 e. The Morgan fingerprint density at radius 2 is 1.89 bits per heavy atom. The topological polar surface area (TPSA) is 59.8 Å². The van der Waals surface area contributed by atoms with Gasteiger partial charge in [-0.3, -0.25) is 4.79 Å². The molecule has 1 N–H and O–H groups in total. The lowest BCUT2D eigenvalue weighted by Gasteiger charge is -2.04. The average Bonchev–Trinajstić information content (AvgIpc) is 3.21. The number of carbonyl (C=O) groups is 1. The van der Waals surface area contributed by atoms with E-state index in [2.05, 4.69) is 15.3 Å². The number of nitrogens with zero attached hydrogens (tertiary/aromatic N) is 3. The summed E-state index contributed by atoms with van der Waals surface area (Å²) in [5.74, 6) is 0.295. The van der Waals surface area contributed by atoms with Gasteiger partial charge >= 0.3 is 0 Å². The van der Waals surface area contributed by atoms with Crippen molar-refractivity contribution in [2.45, 2.75) is 13.5 Å². The lowest BCUT2D eigenvalue weighted by atomic mass is 10.2. The number of imidazole rings is 1. The van der Waals surface area contributed by atoms with Crippen LogP contribution in [0.2, 0.25) is 0 Å². The second kappa shape index (κ2) is 6.92. The number of hydrogen-bond donors (Lipinski definition) is 1. The summed E-state index contributed by atoms with van der Waals surface area (Å²) in [5.41, 5.74) is 3.37. The van der Waals surface area contributed by atoms with Crippen LogP contribution in [0.4, 0.5) is 4.39 Å². The first-order valence-corrected chi connectivity index (χ1v) is 9.26. The number of carbonyl (C=O) groups excluding carboxylic acids is 1. The van der Waals surface area contributed by atoms with Gasteiger partial charge in [-0.25, -0.2) is 14.4 Å².